The molecule has 0 aromatic heterocycles. The van der Waals surface area contributed by atoms with Gasteiger partial charge in [-0.2, -0.15) is 5.26 Å². The van der Waals surface area contributed by atoms with Crippen LogP contribution < -0.4 is 9.47 Å². The first-order valence-corrected chi connectivity index (χ1v) is 8.58. The highest BCUT2D eigenvalue weighted by atomic mass is 16.7. The third-order valence-electron chi connectivity index (χ3n) is 4.77. The lowest BCUT2D eigenvalue weighted by atomic mass is 9.71. The molecule has 0 N–H and O–H groups in total. The molecule has 0 radical (unpaired) electrons. The van der Waals surface area contributed by atoms with Crippen molar-refractivity contribution in [2.75, 3.05) is 19.9 Å². The van der Waals surface area contributed by atoms with E-state index >= 15 is 0 Å². The van der Waals surface area contributed by atoms with Gasteiger partial charge in [-0.15, -0.1) is 0 Å². The predicted molar refractivity (Wildman–Crippen MR) is 91.5 cm³/mol. The van der Waals surface area contributed by atoms with Crippen LogP contribution in [0.15, 0.2) is 18.2 Å². The molecule has 3 rings (SSSR count). The van der Waals surface area contributed by atoms with E-state index in [1.54, 1.807) is 4.90 Å². The zero-order valence-corrected chi connectivity index (χ0v) is 15.0. The van der Waals surface area contributed by atoms with E-state index in [-0.39, 0.29) is 18.3 Å². The molecule has 1 fully saturated rings. The lowest BCUT2D eigenvalue weighted by molar-refractivity contribution is 0.0165. The number of carbonyl (C=O) groups is 1. The molecule has 0 unspecified atom stereocenters. The lowest BCUT2D eigenvalue weighted by Gasteiger charge is -2.41. The Labute approximate surface area is 148 Å². The van der Waals surface area contributed by atoms with Gasteiger partial charge in [-0.3, -0.25) is 0 Å². The third-order valence-corrected chi connectivity index (χ3v) is 4.77. The van der Waals surface area contributed by atoms with E-state index < -0.39 is 5.60 Å². The Kier molecular flexibility index (Phi) is 4.51. The Morgan fingerprint density at radius 3 is 2.60 bits per heavy atom. The Balaban J connectivity index is 1.75. The Morgan fingerprint density at radius 1 is 1.28 bits per heavy atom. The fourth-order valence-corrected chi connectivity index (χ4v) is 3.39. The summed E-state index contributed by atoms with van der Waals surface area (Å²) < 4.78 is 16.3. The van der Waals surface area contributed by atoms with Crippen LogP contribution in [-0.2, 0) is 10.2 Å². The van der Waals surface area contributed by atoms with Crippen molar-refractivity contribution in [2.24, 2.45) is 0 Å². The molecule has 1 amide bonds. The van der Waals surface area contributed by atoms with Crippen molar-refractivity contribution >= 4 is 6.09 Å². The molecule has 6 nitrogen and oxygen atoms in total. The molecule has 2 heterocycles. The maximum atomic E-state index is 12.3. The van der Waals surface area contributed by atoms with Gasteiger partial charge in [0.1, 0.15) is 5.60 Å². The fraction of sp³-hybridized carbons (Fsp3) is 0.579. The van der Waals surface area contributed by atoms with Crippen molar-refractivity contribution < 1.29 is 19.0 Å². The molecule has 0 saturated carbocycles. The van der Waals surface area contributed by atoms with E-state index in [0.29, 0.717) is 19.5 Å². The van der Waals surface area contributed by atoms with Gasteiger partial charge in [-0.05, 0) is 51.3 Å². The summed E-state index contributed by atoms with van der Waals surface area (Å²) in [6.45, 7) is 6.97. The van der Waals surface area contributed by atoms with Crippen LogP contribution in [0.25, 0.3) is 0 Å². The van der Waals surface area contributed by atoms with Crippen LogP contribution in [0.2, 0.25) is 0 Å². The quantitative estimate of drug-likeness (QED) is 0.820. The van der Waals surface area contributed by atoms with Gasteiger partial charge in [0.15, 0.2) is 11.5 Å². The normalized spacial score (nSPS) is 18.6. The number of piperidine rings is 1. The van der Waals surface area contributed by atoms with Crippen LogP contribution in [0, 0.1) is 11.3 Å². The maximum Gasteiger partial charge on any atom is 0.410 e. The first-order valence-electron chi connectivity index (χ1n) is 8.58. The number of amides is 1. The second kappa shape index (κ2) is 6.47. The summed E-state index contributed by atoms with van der Waals surface area (Å²) in [5, 5.41) is 9.36. The molecule has 25 heavy (non-hydrogen) atoms. The van der Waals surface area contributed by atoms with Gasteiger partial charge >= 0.3 is 6.09 Å². The number of nitriles is 1. The topological polar surface area (TPSA) is 71.8 Å². The molecule has 0 atom stereocenters. The van der Waals surface area contributed by atoms with Crippen LogP contribution in [0.1, 0.15) is 45.6 Å². The number of likely N-dealkylation sites (tertiary alicyclic amines) is 1. The van der Waals surface area contributed by atoms with E-state index in [1.165, 1.54) is 0 Å². The van der Waals surface area contributed by atoms with Crippen molar-refractivity contribution in [1.82, 2.24) is 4.90 Å². The molecule has 0 aliphatic carbocycles. The highest BCUT2D eigenvalue weighted by Crippen LogP contribution is 2.43. The monoisotopic (exact) mass is 344 g/mol. The third kappa shape index (κ3) is 3.65. The van der Waals surface area contributed by atoms with Gasteiger partial charge < -0.3 is 19.1 Å². The van der Waals surface area contributed by atoms with E-state index in [9.17, 15) is 10.1 Å². The summed E-state index contributed by atoms with van der Waals surface area (Å²) >= 11 is 0. The van der Waals surface area contributed by atoms with E-state index in [0.717, 1.165) is 29.9 Å². The first-order chi connectivity index (χ1) is 11.8. The lowest BCUT2D eigenvalue weighted by Crippen LogP contribution is -2.46. The Hall–Kier alpha value is -2.42. The number of carbonyl (C=O) groups excluding carboxylic acids is 1. The Morgan fingerprint density at radius 2 is 1.96 bits per heavy atom. The molecule has 2 aliphatic rings. The number of benzene rings is 1. The van der Waals surface area contributed by atoms with Crippen LogP contribution in [0.4, 0.5) is 4.79 Å². The van der Waals surface area contributed by atoms with Crippen LogP contribution in [0.5, 0.6) is 11.5 Å². The van der Waals surface area contributed by atoms with E-state index in [2.05, 4.69) is 6.07 Å². The number of hydrogen-bond acceptors (Lipinski definition) is 5. The van der Waals surface area contributed by atoms with Crippen LogP contribution in [0.3, 0.4) is 0 Å². The number of fused-ring (bicyclic) bond motifs is 1. The van der Waals surface area contributed by atoms with Gasteiger partial charge in [0.2, 0.25) is 6.79 Å². The smallest absolute Gasteiger partial charge is 0.410 e. The van der Waals surface area contributed by atoms with Gasteiger partial charge in [0.25, 0.3) is 0 Å². The molecular formula is C19H24N2O4. The second-order valence-corrected chi connectivity index (χ2v) is 7.65. The molecule has 134 valence electrons. The van der Waals surface area contributed by atoms with Gasteiger partial charge in [0.05, 0.1) is 6.07 Å². The van der Waals surface area contributed by atoms with Gasteiger partial charge in [0, 0.05) is 24.9 Å². The molecular weight excluding hydrogens is 320 g/mol. The summed E-state index contributed by atoms with van der Waals surface area (Å²) in [4.78, 5) is 14.0. The SMILES string of the molecule is CC(C)(C)OC(=O)N1CCC(CC#N)(c2ccc3c(c2)OCO3)CC1. The molecule has 1 aromatic rings. The van der Waals surface area contributed by atoms with E-state index in [4.69, 9.17) is 14.2 Å². The summed E-state index contributed by atoms with van der Waals surface area (Å²) in [7, 11) is 0. The van der Waals surface area contributed by atoms with Crippen LogP contribution in [-0.4, -0.2) is 36.5 Å². The minimum atomic E-state index is -0.504. The molecule has 0 bridgehead atoms. The molecule has 1 saturated heterocycles. The average molecular weight is 344 g/mol. The van der Waals surface area contributed by atoms with E-state index in [1.807, 2.05) is 39.0 Å². The summed E-state index contributed by atoms with van der Waals surface area (Å²) in [5.74, 6) is 1.46. The minimum absolute atomic E-state index is 0.233. The van der Waals surface area contributed by atoms with Crippen molar-refractivity contribution in [1.29, 1.82) is 5.26 Å². The van der Waals surface area contributed by atoms with Crippen molar-refractivity contribution in [3.63, 3.8) is 0 Å². The molecule has 6 heteroatoms. The zero-order chi connectivity index (χ0) is 18.1. The number of ether oxygens (including phenoxy) is 3. The summed E-state index contributed by atoms with van der Waals surface area (Å²) in [5.41, 5.74) is 0.297. The summed E-state index contributed by atoms with van der Waals surface area (Å²) in [6.07, 6.45) is 1.57. The molecule has 1 aromatic carbocycles. The predicted octanol–water partition coefficient (Wildman–Crippen LogP) is 3.60. The molecule has 2 aliphatic heterocycles. The van der Waals surface area contributed by atoms with Crippen LogP contribution >= 0.6 is 0 Å². The number of hydrogen-bond donors (Lipinski definition) is 0. The standard InChI is InChI=1S/C19H24N2O4/c1-18(2,3)25-17(22)21-10-7-19(6-9-20,8-11-21)14-4-5-15-16(12-14)24-13-23-15/h4-5,12H,6-8,10-11,13H2,1-3H3. The van der Waals surface area contributed by atoms with Crippen molar-refractivity contribution in [3.05, 3.63) is 23.8 Å². The van der Waals surface area contributed by atoms with Crippen molar-refractivity contribution in [2.45, 2.75) is 51.0 Å². The maximum absolute atomic E-state index is 12.3. The average Bonchev–Trinajstić information content (AvgIpc) is 3.01. The Bertz CT molecular complexity index is 694. The highest BCUT2D eigenvalue weighted by Gasteiger charge is 2.39. The van der Waals surface area contributed by atoms with Gasteiger partial charge in [-0.1, -0.05) is 6.07 Å². The first kappa shape index (κ1) is 17.4. The van der Waals surface area contributed by atoms with Crippen molar-refractivity contribution in [3.8, 4) is 17.6 Å². The number of nitrogens with zero attached hydrogens (tertiary/aromatic N) is 2. The number of rotatable bonds is 2. The summed E-state index contributed by atoms with van der Waals surface area (Å²) in [6, 6.07) is 8.20. The zero-order valence-electron chi connectivity index (χ0n) is 15.0. The second-order valence-electron chi connectivity index (χ2n) is 7.65. The largest absolute Gasteiger partial charge is 0.454 e. The minimum Gasteiger partial charge on any atom is -0.454 e. The highest BCUT2D eigenvalue weighted by molar-refractivity contribution is 5.68. The molecule has 0 spiro atoms. The van der Waals surface area contributed by atoms with Gasteiger partial charge in [-0.25, -0.2) is 4.79 Å². The fourth-order valence-electron chi connectivity index (χ4n) is 3.39.